The maximum Gasteiger partial charge on any atom is 0.252 e. The number of aromatic nitrogens is 2. The molecule has 0 saturated carbocycles. The molecule has 128 valence electrons. The average molecular weight is 326 g/mol. The van der Waals surface area contributed by atoms with E-state index < -0.39 is 0 Å². The SMILES string of the molecule is CC(C)c1cc(=O)[nH]c(Nc2ccc(CN3CCCCC3)cc2)n1. The Bertz CT molecular complexity index is 715. The van der Waals surface area contributed by atoms with Crippen molar-refractivity contribution in [3.05, 3.63) is 51.9 Å². The zero-order chi connectivity index (χ0) is 16.9. The highest BCUT2D eigenvalue weighted by atomic mass is 16.1. The molecule has 1 fully saturated rings. The van der Waals surface area contributed by atoms with Crippen molar-refractivity contribution >= 4 is 11.6 Å². The van der Waals surface area contributed by atoms with Gasteiger partial charge in [-0.3, -0.25) is 14.7 Å². The molecule has 24 heavy (non-hydrogen) atoms. The molecule has 0 unspecified atom stereocenters. The molecule has 2 aromatic rings. The van der Waals surface area contributed by atoms with Gasteiger partial charge >= 0.3 is 0 Å². The second-order valence-corrected chi connectivity index (χ2v) is 6.83. The van der Waals surface area contributed by atoms with Gasteiger partial charge in [-0.05, 0) is 49.5 Å². The summed E-state index contributed by atoms with van der Waals surface area (Å²) in [6.45, 7) is 7.47. The number of piperidine rings is 1. The van der Waals surface area contributed by atoms with Crippen molar-refractivity contribution in [3.63, 3.8) is 0 Å². The fraction of sp³-hybridized carbons (Fsp3) is 0.474. The predicted molar refractivity (Wildman–Crippen MR) is 97.8 cm³/mol. The first kappa shape index (κ1) is 16.7. The first-order chi connectivity index (χ1) is 11.6. The van der Waals surface area contributed by atoms with E-state index in [4.69, 9.17) is 0 Å². The van der Waals surface area contributed by atoms with Crippen LogP contribution in [0, 0.1) is 0 Å². The lowest BCUT2D eigenvalue weighted by Crippen LogP contribution is -2.29. The number of H-pyrrole nitrogens is 1. The van der Waals surface area contributed by atoms with Gasteiger partial charge in [-0.2, -0.15) is 0 Å². The first-order valence-corrected chi connectivity index (χ1v) is 8.80. The Hall–Kier alpha value is -2.14. The van der Waals surface area contributed by atoms with E-state index in [0.717, 1.165) is 17.9 Å². The highest BCUT2D eigenvalue weighted by molar-refractivity contribution is 5.53. The number of rotatable bonds is 5. The molecular weight excluding hydrogens is 300 g/mol. The molecule has 0 radical (unpaired) electrons. The van der Waals surface area contributed by atoms with Crippen molar-refractivity contribution in [3.8, 4) is 0 Å². The standard InChI is InChI=1S/C19H26N4O/c1-14(2)17-12-18(24)22-19(21-17)20-16-8-6-15(7-9-16)13-23-10-4-3-5-11-23/h6-9,12,14H,3-5,10-11,13H2,1-2H3,(H2,20,21,22,24). The van der Waals surface area contributed by atoms with Crippen molar-refractivity contribution < 1.29 is 0 Å². The van der Waals surface area contributed by atoms with Gasteiger partial charge in [0.15, 0.2) is 0 Å². The third-order valence-corrected chi connectivity index (χ3v) is 4.42. The van der Waals surface area contributed by atoms with Crippen molar-refractivity contribution in [1.82, 2.24) is 14.9 Å². The molecule has 1 saturated heterocycles. The summed E-state index contributed by atoms with van der Waals surface area (Å²) >= 11 is 0. The molecule has 0 bridgehead atoms. The lowest BCUT2D eigenvalue weighted by Gasteiger charge is -2.26. The van der Waals surface area contributed by atoms with Gasteiger partial charge in [-0.1, -0.05) is 32.4 Å². The average Bonchev–Trinajstić information content (AvgIpc) is 2.57. The van der Waals surface area contributed by atoms with E-state index in [1.807, 2.05) is 26.0 Å². The van der Waals surface area contributed by atoms with E-state index >= 15 is 0 Å². The lowest BCUT2D eigenvalue weighted by molar-refractivity contribution is 0.221. The van der Waals surface area contributed by atoms with Crippen LogP contribution in [0.25, 0.3) is 0 Å². The zero-order valence-electron chi connectivity index (χ0n) is 14.5. The Morgan fingerprint density at radius 2 is 1.88 bits per heavy atom. The Balaban J connectivity index is 1.66. The van der Waals surface area contributed by atoms with Gasteiger partial charge in [0.1, 0.15) is 0 Å². The van der Waals surface area contributed by atoms with Gasteiger partial charge in [0.05, 0.1) is 5.69 Å². The largest absolute Gasteiger partial charge is 0.326 e. The predicted octanol–water partition coefficient (Wildman–Crippen LogP) is 3.62. The number of benzene rings is 1. The van der Waals surface area contributed by atoms with Gasteiger partial charge in [0.25, 0.3) is 5.56 Å². The van der Waals surface area contributed by atoms with Gasteiger partial charge in [-0.25, -0.2) is 4.98 Å². The summed E-state index contributed by atoms with van der Waals surface area (Å²) in [7, 11) is 0. The minimum Gasteiger partial charge on any atom is -0.326 e. The Morgan fingerprint density at radius 3 is 2.54 bits per heavy atom. The van der Waals surface area contributed by atoms with Crippen LogP contribution in [0.2, 0.25) is 0 Å². The third kappa shape index (κ3) is 4.45. The van der Waals surface area contributed by atoms with Crippen LogP contribution < -0.4 is 10.9 Å². The molecule has 0 amide bonds. The molecule has 0 spiro atoms. The first-order valence-electron chi connectivity index (χ1n) is 8.80. The topological polar surface area (TPSA) is 61.0 Å². The van der Waals surface area contributed by atoms with Gasteiger partial charge in [0.2, 0.25) is 5.95 Å². The van der Waals surface area contributed by atoms with Crippen molar-refractivity contribution in [2.75, 3.05) is 18.4 Å². The number of aromatic amines is 1. The van der Waals surface area contributed by atoms with Gasteiger partial charge < -0.3 is 5.32 Å². The highest BCUT2D eigenvalue weighted by Gasteiger charge is 2.10. The molecule has 5 heteroatoms. The molecule has 2 N–H and O–H groups in total. The molecule has 0 aliphatic carbocycles. The summed E-state index contributed by atoms with van der Waals surface area (Å²) in [5.74, 6) is 0.717. The maximum atomic E-state index is 11.7. The van der Waals surface area contributed by atoms with Gasteiger partial charge in [-0.15, -0.1) is 0 Å². The lowest BCUT2D eigenvalue weighted by atomic mass is 10.1. The van der Waals surface area contributed by atoms with Crippen LogP contribution >= 0.6 is 0 Å². The Morgan fingerprint density at radius 1 is 1.17 bits per heavy atom. The van der Waals surface area contributed by atoms with E-state index in [2.05, 4.69) is 32.3 Å². The van der Waals surface area contributed by atoms with Crippen molar-refractivity contribution in [1.29, 1.82) is 0 Å². The van der Waals surface area contributed by atoms with E-state index in [1.165, 1.54) is 37.9 Å². The molecule has 3 rings (SSSR count). The minimum atomic E-state index is -0.127. The van der Waals surface area contributed by atoms with Gasteiger partial charge in [0, 0.05) is 18.3 Å². The zero-order valence-corrected chi connectivity index (χ0v) is 14.5. The number of likely N-dealkylation sites (tertiary alicyclic amines) is 1. The Kier molecular flexibility index (Phi) is 5.30. The van der Waals surface area contributed by atoms with Crippen LogP contribution in [0.3, 0.4) is 0 Å². The molecule has 1 aliphatic rings. The molecular formula is C19H26N4O. The summed E-state index contributed by atoms with van der Waals surface area (Å²) in [4.78, 5) is 21.5. The molecule has 5 nitrogen and oxygen atoms in total. The van der Waals surface area contributed by atoms with Crippen LogP contribution in [0.1, 0.15) is 50.3 Å². The molecule has 1 aliphatic heterocycles. The number of nitrogens with one attached hydrogen (secondary N) is 2. The van der Waals surface area contributed by atoms with Crippen molar-refractivity contribution in [2.24, 2.45) is 0 Å². The fourth-order valence-corrected chi connectivity index (χ4v) is 3.04. The fourth-order valence-electron chi connectivity index (χ4n) is 3.04. The van der Waals surface area contributed by atoms with E-state index in [9.17, 15) is 4.79 Å². The molecule has 1 aromatic carbocycles. The summed E-state index contributed by atoms with van der Waals surface area (Å²) in [6, 6.07) is 9.92. The second kappa shape index (κ2) is 7.62. The number of nitrogens with zero attached hydrogens (tertiary/aromatic N) is 2. The van der Waals surface area contributed by atoms with Crippen LogP contribution in [0.4, 0.5) is 11.6 Å². The summed E-state index contributed by atoms with van der Waals surface area (Å²) in [5, 5.41) is 3.19. The summed E-state index contributed by atoms with van der Waals surface area (Å²) < 4.78 is 0. The number of anilines is 2. The number of hydrogen-bond acceptors (Lipinski definition) is 4. The normalized spacial score (nSPS) is 15.6. The summed E-state index contributed by atoms with van der Waals surface area (Å²) in [6.07, 6.45) is 3.98. The molecule has 2 heterocycles. The smallest absolute Gasteiger partial charge is 0.252 e. The van der Waals surface area contributed by atoms with E-state index in [0.29, 0.717) is 5.95 Å². The number of hydrogen-bond donors (Lipinski definition) is 2. The van der Waals surface area contributed by atoms with Crippen LogP contribution in [-0.4, -0.2) is 28.0 Å². The minimum absolute atomic E-state index is 0.127. The monoisotopic (exact) mass is 326 g/mol. The second-order valence-electron chi connectivity index (χ2n) is 6.83. The van der Waals surface area contributed by atoms with E-state index in [1.54, 1.807) is 6.07 Å². The van der Waals surface area contributed by atoms with E-state index in [-0.39, 0.29) is 11.5 Å². The van der Waals surface area contributed by atoms with Crippen LogP contribution in [0.5, 0.6) is 0 Å². The molecule has 1 aromatic heterocycles. The maximum absolute atomic E-state index is 11.7. The third-order valence-electron chi connectivity index (χ3n) is 4.42. The Labute approximate surface area is 143 Å². The summed E-state index contributed by atoms with van der Waals surface area (Å²) in [5.41, 5.74) is 2.92. The van der Waals surface area contributed by atoms with Crippen LogP contribution in [-0.2, 0) is 6.54 Å². The molecule has 0 atom stereocenters. The van der Waals surface area contributed by atoms with Crippen LogP contribution in [0.15, 0.2) is 35.1 Å². The highest BCUT2D eigenvalue weighted by Crippen LogP contribution is 2.18. The quantitative estimate of drug-likeness (QED) is 0.881. The van der Waals surface area contributed by atoms with Crippen molar-refractivity contribution in [2.45, 2.75) is 45.6 Å².